The third kappa shape index (κ3) is 2.18. The molecule has 1 atom stereocenters. The lowest BCUT2D eigenvalue weighted by atomic mass is 9.84. The number of nitrogens with zero attached hydrogens (tertiary/aromatic N) is 2. The molecular formula is C15H12BrN3O3. The maximum Gasteiger partial charge on any atom is 0.231 e. The van der Waals surface area contributed by atoms with Crippen LogP contribution in [0.3, 0.4) is 0 Å². The van der Waals surface area contributed by atoms with Gasteiger partial charge in [0.2, 0.25) is 11.7 Å². The molecule has 3 heterocycles. The van der Waals surface area contributed by atoms with Crippen LogP contribution in [0.1, 0.15) is 28.5 Å². The van der Waals surface area contributed by atoms with Crippen molar-refractivity contribution >= 4 is 27.6 Å². The van der Waals surface area contributed by atoms with E-state index in [2.05, 4.69) is 25.9 Å². The highest BCUT2D eigenvalue weighted by molar-refractivity contribution is 9.10. The lowest BCUT2D eigenvalue weighted by Crippen LogP contribution is -2.39. The second kappa shape index (κ2) is 5.17. The SMILES string of the molecule is C[C@]1(C(N)=O)COc2c1cc(C(=O)c1cccnc1)nc2Br. The molecule has 1 aliphatic rings. The van der Waals surface area contributed by atoms with E-state index in [4.69, 9.17) is 10.5 Å². The van der Waals surface area contributed by atoms with Crippen LogP contribution in [-0.4, -0.2) is 28.3 Å². The highest BCUT2D eigenvalue weighted by Gasteiger charge is 2.43. The summed E-state index contributed by atoms with van der Waals surface area (Å²) in [6.45, 7) is 1.81. The van der Waals surface area contributed by atoms with Gasteiger partial charge in [-0.3, -0.25) is 14.6 Å². The summed E-state index contributed by atoms with van der Waals surface area (Å²) in [4.78, 5) is 32.4. The van der Waals surface area contributed by atoms with Crippen LogP contribution in [0.2, 0.25) is 0 Å². The Morgan fingerprint density at radius 2 is 2.23 bits per heavy atom. The molecule has 1 amide bonds. The first-order valence-electron chi connectivity index (χ1n) is 6.52. The number of halogens is 1. The van der Waals surface area contributed by atoms with Crippen molar-refractivity contribution in [3.8, 4) is 5.75 Å². The van der Waals surface area contributed by atoms with Crippen LogP contribution in [0, 0.1) is 0 Å². The van der Waals surface area contributed by atoms with E-state index in [0.717, 1.165) is 0 Å². The smallest absolute Gasteiger partial charge is 0.231 e. The minimum atomic E-state index is -0.981. The maximum atomic E-state index is 12.5. The number of fused-ring (bicyclic) bond motifs is 1. The van der Waals surface area contributed by atoms with Crippen LogP contribution in [0.4, 0.5) is 0 Å². The number of primary amides is 1. The van der Waals surface area contributed by atoms with E-state index in [0.29, 0.717) is 21.5 Å². The van der Waals surface area contributed by atoms with Crippen molar-refractivity contribution in [2.24, 2.45) is 5.73 Å². The predicted molar refractivity (Wildman–Crippen MR) is 81.6 cm³/mol. The lowest BCUT2D eigenvalue weighted by molar-refractivity contribution is -0.123. The molecule has 2 aromatic rings. The molecule has 0 radical (unpaired) electrons. The first kappa shape index (κ1) is 14.6. The van der Waals surface area contributed by atoms with E-state index in [-0.39, 0.29) is 18.1 Å². The maximum absolute atomic E-state index is 12.5. The Kier molecular flexibility index (Phi) is 3.44. The molecule has 2 aromatic heterocycles. The van der Waals surface area contributed by atoms with Gasteiger partial charge in [0.25, 0.3) is 0 Å². The summed E-state index contributed by atoms with van der Waals surface area (Å²) in [5.74, 6) is -0.344. The highest BCUT2D eigenvalue weighted by Crippen LogP contribution is 2.42. The molecule has 3 rings (SSSR count). The van der Waals surface area contributed by atoms with Crippen molar-refractivity contribution in [2.75, 3.05) is 6.61 Å². The van der Waals surface area contributed by atoms with Gasteiger partial charge in [-0.25, -0.2) is 4.98 Å². The van der Waals surface area contributed by atoms with E-state index in [1.807, 2.05) is 0 Å². The normalized spacial score (nSPS) is 19.4. The third-order valence-electron chi connectivity index (χ3n) is 3.73. The van der Waals surface area contributed by atoms with E-state index in [1.54, 1.807) is 31.3 Å². The number of nitrogens with two attached hydrogens (primary N) is 1. The van der Waals surface area contributed by atoms with Crippen LogP contribution in [0.5, 0.6) is 5.75 Å². The quantitative estimate of drug-likeness (QED) is 0.661. The van der Waals surface area contributed by atoms with Crippen LogP contribution >= 0.6 is 15.9 Å². The van der Waals surface area contributed by atoms with Crippen molar-refractivity contribution in [1.82, 2.24) is 9.97 Å². The Morgan fingerprint density at radius 3 is 2.86 bits per heavy atom. The van der Waals surface area contributed by atoms with Crippen LogP contribution in [-0.2, 0) is 10.2 Å². The topological polar surface area (TPSA) is 95.2 Å². The van der Waals surface area contributed by atoms with Crippen molar-refractivity contribution in [1.29, 1.82) is 0 Å². The summed E-state index contributed by atoms with van der Waals surface area (Å²) in [6, 6.07) is 4.89. The van der Waals surface area contributed by atoms with Gasteiger partial charge in [0.15, 0.2) is 5.75 Å². The standard InChI is InChI=1S/C15H12BrN3O3/c1-15(14(17)21)7-22-12-9(15)5-10(19-13(12)16)11(20)8-3-2-4-18-6-8/h2-6H,7H2,1H3,(H2,17,21)/t15-/m0/s1. The Morgan fingerprint density at radius 1 is 1.45 bits per heavy atom. The van der Waals surface area contributed by atoms with Crippen LogP contribution in [0.25, 0.3) is 0 Å². The Labute approximate surface area is 134 Å². The number of carbonyl (C=O) groups is 2. The van der Waals surface area contributed by atoms with Gasteiger partial charge in [0.05, 0.1) is 0 Å². The van der Waals surface area contributed by atoms with E-state index < -0.39 is 11.3 Å². The molecule has 6 nitrogen and oxygen atoms in total. The molecule has 0 unspecified atom stereocenters. The van der Waals surface area contributed by atoms with Crippen molar-refractivity contribution < 1.29 is 14.3 Å². The predicted octanol–water partition coefficient (Wildman–Crippen LogP) is 1.61. The minimum Gasteiger partial charge on any atom is -0.489 e. The number of pyridine rings is 2. The molecule has 0 fully saturated rings. The number of ketones is 1. The van der Waals surface area contributed by atoms with Crippen LogP contribution < -0.4 is 10.5 Å². The molecule has 0 aliphatic carbocycles. The molecule has 0 saturated carbocycles. The summed E-state index contributed by atoms with van der Waals surface area (Å²) in [5.41, 5.74) is 5.69. The number of carbonyl (C=O) groups excluding carboxylic acids is 2. The van der Waals surface area contributed by atoms with Gasteiger partial charge in [-0.2, -0.15) is 0 Å². The number of ether oxygens (including phenoxy) is 1. The van der Waals surface area contributed by atoms with Crippen molar-refractivity contribution in [3.63, 3.8) is 0 Å². The second-order valence-corrected chi connectivity index (χ2v) is 5.98. The summed E-state index contributed by atoms with van der Waals surface area (Å²) in [7, 11) is 0. The summed E-state index contributed by atoms with van der Waals surface area (Å²) >= 11 is 3.28. The zero-order valence-electron chi connectivity index (χ0n) is 11.7. The number of amides is 1. The molecule has 22 heavy (non-hydrogen) atoms. The molecule has 0 bridgehead atoms. The fourth-order valence-corrected chi connectivity index (χ4v) is 2.83. The fourth-order valence-electron chi connectivity index (χ4n) is 2.31. The largest absolute Gasteiger partial charge is 0.489 e. The lowest BCUT2D eigenvalue weighted by Gasteiger charge is -2.18. The number of rotatable bonds is 3. The monoisotopic (exact) mass is 361 g/mol. The average molecular weight is 362 g/mol. The zero-order valence-corrected chi connectivity index (χ0v) is 13.3. The van der Waals surface area contributed by atoms with Gasteiger partial charge in [-0.15, -0.1) is 0 Å². The molecule has 7 heteroatoms. The number of hydrogen-bond donors (Lipinski definition) is 1. The van der Waals surface area contributed by atoms with Crippen molar-refractivity contribution in [2.45, 2.75) is 12.3 Å². The molecular weight excluding hydrogens is 350 g/mol. The second-order valence-electron chi connectivity index (χ2n) is 5.23. The average Bonchev–Trinajstić information content (AvgIpc) is 2.87. The minimum absolute atomic E-state index is 0.127. The molecule has 0 spiro atoms. The Hall–Kier alpha value is -2.28. The van der Waals surface area contributed by atoms with E-state index in [9.17, 15) is 9.59 Å². The van der Waals surface area contributed by atoms with Crippen molar-refractivity contribution in [3.05, 3.63) is 52.0 Å². The van der Waals surface area contributed by atoms with Crippen LogP contribution in [0.15, 0.2) is 35.2 Å². The fraction of sp³-hybridized carbons (Fsp3) is 0.200. The molecule has 0 aromatic carbocycles. The van der Waals surface area contributed by atoms with Gasteiger partial charge in [-0.1, -0.05) is 0 Å². The highest BCUT2D eigenvalue weighted by atomic mass is 79.9. The number of aromatic nitrogens is 2. The Bertz CT molecular complexity index is 779. The summed E-state index contributed by atoms with van der Waals surface area (Å²) < 4.78 is 5.89. The van der Waals surface area contributed by atoms with E-state index in [1.165, 1.54) is 6.20 Å². The molecule has 112 valence electrons. The van der Waals surface area contributed by atoms with Gasteiger partial charge < -0.3 is 10.5 Å². The first-order chi connectivity index (χ1) is 10.4. The summed E-state index contributed by atoms with van der Waals surface area (Å²) in [5, 5.41) is 0. The first-order valence-corrected chi connectivity index (χ1v) is 7.31. The molecule has 1 aliphatic heterocycles. The Balaban J connectivity index is 2.12. The third-order valence-corrected chi connectivity index (χ3v) is 4.27. The number of hydrogen-bond acceptors (Lipinski definition) is 5. The van der Waals surface area contributed by atoms with Gasteiger partial charge in [-0.05, 0) is 41.1 Å². The van der Waals surface area contributed by atoms with Gasteiger partial charge in [0.1, 0.15) is 22.3 Å². The van der Waals surface area contributed by atoms with Gasteiger partial charge in [0, 0.05) is 23.5 Å². The zero-order chi connectivity index (χ0) is 15.9. The summed E-state index contributed by atoms with van der Waals surface area (Å²) in [6.07, 6.45) is 3.05. The van der Waals surface area contributed by atoms with Gasteiger partial charge >= 0.3 is 0 Å². The molecule has 2 N–H and O–H groups in total. The molecule has 0 saturated heterocycles. The van der Waals surface area contributed by atoms with E-state index >= 15 is 0 Å².